The molecule has 6 rings (SSSR count). The van der Waals surface area contributed by atoms with Gasteiger partial charge in [-0.1, -0.05) is 91.0 Å². The number of hydrogen-bond donors (Lipinski definition) is 0. The maximum absolute atomic E-state index is 7.84. The first kappa shape index (κ1) is 34.1. The number of benzene rings is 6. The van der Waals surface area contributed by atoms with Gasteiger partial charge in [-0.3, -0.25) is 0 Å². The minimum Gasteiger partial charge on any atom is -0.0622 e. The van der Waals surface area contributed by atoms with Crippen molar-refractivity contribution in [2.24, 2.45) is 5.92 Å². The molecule has 0 aromatic heterocycles. The second kappa shape index (κ2) is 16.0. The minimum absolute atomic E-state index is 0. The van der Waals surface area contributed by atoms with Crippen molar-refractivity contribution in [1.82, 2.24) is 0 Å². The van der Waals surface area contributed by atoms with Crippen LogP contribution in [0.25, 0.3) is 0 Å². The zero-order valence-corrected chi connectivity index (χ0v) is 29.8. The van der Waals surface area contributed by atoms with Crippen LogP contribution in [-0.2, 0) is 22.4 Å². The van der Waals surface area contributed by atoms with E-state index in [-0.39, 0.29) is 22.4 Å². The van der Waals surface area contributed by atoms with Crippen molar-refractivity contribution < 1.29 is 22.4 Å². The van der Waals surface area contributed by atoms with Gasteiger partial charge in [0.15, 0.2) is 0 Å². The molecular formula is C40H38AuClP2. The molecule has 0 radical (unpaired) electrons. The Hall–Kier alpha value is -2.79. The summed E-state index contributed by atoms with van der Waals surface area (Å²) in [7, 11) is -0.446. The molecule has 0 spiro atoms. The van der Waals surface area contributed by atoms with Crippen molar-refractivity contribution in [2.75, 3.05) is 0 Å². The first-order valence-electron chi connectivity index (χ1n) is 14.7. The molecular weight excluding hydrogens is 775 g/mol. The summed E-state index contributed by atoms with van der Waals surface area (Å²) in [5.41, 5.74) is 0. The Kier molecular flexibility index (Phi) is 12.4. The van der Waals surface area contributed by atoms with Gasteiger partial charge in [-0.25, -0.2) is 0 Å². The van der Waals surface area contributed by atoms with E-state index in [0.717, 1.165) is 0 Å². The van der Waals surface area contributed by atoms with Crippen molar-refractivity contribution in [3.8, 4) is 0 Å². The average molecular weight is 813 g/mol. The fourth-order valence-corrected chi connectivity index (χ4v) is 14.4. The Labute approximate surface area is 285 Å². The second-order valence-corrected chi connectivity index (χ2v) is 19.1. The quantitative estimate of drug-likeness (QED) is 0.0819. The third-order valence-corrected chi connectivity index (χ3v) is 17.0. The molecule has 0 N–H and O–H groups in total. The Bertz CT molecular complexity index is 1470. The summed E-state index contributed by atoms with van der Waals surface area (Å²) in [5.74, 6) is -2.79. The van der Waals surface area contributed by atoms with Crippen LogP contribution in [0.3, 0.4) is 0 Å². The maximum atomic E-state index is 7.84. The van der Waals surface area contributed by atoms with Crippen molar-refractivity contribution in [3.63, 3.8) is 0 Å². The van der Waals surface area contributed by atoms with Crippen LogP contribution in [-0.4, -0.2) is 0 Å². The van der Waals surface area contributed by atoms with Gasteiger partial charge in [0.1, 0.15) is 0 Å². The monoisotopic (exact) mass is 812 g/mol. The Morgan fingerprint density at radius 3 is 0.886 bits per heavy atom. The Balaban J connectivity index is 0.000000201. The molecule has 0 aliphatic heterocycles. The van der Waals surface area contributed by atoms with Crippen molar-refractivity contribution >= 4 is 56.9 Å². The molecule has 44 heavy (non-hydrogen) atoms. The van der Waals surface area contributed by atoms with Crippen LogP contribution in [0.15, 0.2) is 182 Å². The van der Waals surface area contributed by atoms with Crippen LogP contribution in [0.4, 0.5) is 0 Å². The van der Waals surface area contributed by atoms with Gasteiger partial charge < -0.3 is 0 Å². The Morgan fingerprint density at radius 2 is 0.659 bits per heavy atom. The SMILES string of the molecule is CC(C)[CH-]P(Cl)(c1ccccc1)(c1ccccc1)c1ccccc1.[Au+].c1ccc(P(c2ccccc2)c2ccccc2)cc1. The van der Waals surface area contributed by atoms with Gasteiger partial charge in [0.25, 0.3) is 0 Å². The van der Waals surface area contributed by atoms with E-state index < -0.39 is 13.9 Å². The standard InChI is InChI=1S/C22H23ClP.C18H15P.Au/c1-19(2)18-24(23,20-12-6-3-7-13-20,21-14-8-4-9-15-21)22-16-10-5-11-17-22;1-4-10-16(11-5-1)19(17-12-6-2-7-13-17)18-14-8-3-9-15-18;/h3-19H,1-2H3;1-15H;/q-1;;+1. The third kappa shape index (κ3) is 7.53. The van der Waals surface area contributed by atoms with Crippen LogP contribution < -0.4 is 31.8 Å². The predicted molar refractivity (Wildman–Crippen MR) is 195 cm³/mol. The first-order chi connectivity index (χ1) is 21.0. The zero-order valence-electron chi connectivity index (χ0n) is 25.0. The molecule has 4 heteroatoms. The van der Waals surface area contributed by atoms with Gasteiger partial charge in [0.05, 0.1) is 0 Å². The van der Waals surface area contributed by atoms with Gasteiger partial charge in [-0.05, 0) is 23.8 Å². The average Bonchev–Trinajstić information content (AvgIpc) is 3.08. The van der Waals surface area contributed by atoms with E-state index in [1.165, 1.54) is 31.8 Å². The van der Waals surface area contributed by atoms with Crippen molar-refractivity contribution in [1.29, 1.82) is 0 Å². The number of halogens is 1. The van der Waals surface area contributed by atoms with Gasteiger partial charge in [-0.15, -0.1) is 0 Å². The molecule has 0 saturated heterocycles. The van der Waals surface area contributed by atoms with E-state index in [1.807, 2.05) is 18.2 Å². The molecule has 6 aromatic rings. The van der Waals surface area contributed by atoms with Gasteiger partial charge >= 0.3 is 172 Å². The van der Waals surface area contributed by atoms with Crippen LogP contribution in [0.1, 0.15) is 13.8 Å². The summed E-state index contributed by atoms with van der Waals surface area (Å²) in [6.45, 7) is 4.41. The molecule has 0 heterocycles. The Morgan fingerprint density at radius 1 is 0.432 bits per heavy atom. The van der Waals surface area contributed by atoms with Gasteiger partial charge in [0, 0.05) is 0 Å². The van der Waals surface area contributed by atoms with E-state index in [2.05, 4.69) is 184 Å². The zero-order chi connectivity index (χ0) is 30.0. The van der Waals surface area contributed by atoms with E-state index in [0.29, 0.717) is 5.92 Å². The number of hydrogen-bond acceptors (Lipinski definition) is 0. The number of rotatable bonds is 8. The minimum atomic E-state index is -3.15. The topological polar surface area (TPSA) is 0 Å². The molecule has 0 amide bonds. The van der Waals surface area contributed by atoms with Crippen LogP contribution >= 0.6 is 25.1 Å². The predicted octanol–water partition coefficient (Wildman–Crippen LogP) is 8.93. The molecule has 0 aliphatic carbocycles. The fraction of sp³-hybridized carbons (Fsp3) is 0.0750. The molecule has 6 aromatic carbocycles. The summed E-state index contributed by atoms with van der Waals surface area (Å²) in [4.78, 5) is 0. The summed E-state index contributed by atoms with van der Waals surface area (Å²) in [5, 5.41) is 7.77. The summed E-state index contributed by atoms with van der Waals surface area (Å²) in [6.07, 6.45) is 2.38. The normalized spacial score (nSPS) is 11.9. The molecule has 0 aliphatic rings. The summed E-state index contributed by atoms with van der Waals surface area (Å²) >= 11 is 7.84. The van der Waals surface area contributed by atoms with Crippen LogP contribution in [0, 0.1) is 12.1 Å². The van der Waals surface area contributed by atoms with Crippen LogP contribution in [0.5, 0.6) is 0 Å². The third-order valence-electron chi connectivity index (χ3n) is 7.40. The molecule has 226 valence electrons. The maximum Gasteiger partial charge on any atom is 1.00 e. The van der Waals surface area contributed by atoms with E-state index in [1.54, 1.807) is 0 Å². The van der Waals surface area contributed by atoms with Crippen LogP contribution in [0.2, 0.25) is 0 Å². The molecule has 0 unspecified atom stereocenters. The smallest absolute Gasteiger partial charge is 0.0622 e. The van der Waals surface area contributed by atoms with Gasteiger partial charge in [-0.2, -0.15) is 0 Å². The molecule has 0 bridgehead atoms. The summed E-state index contributed by atoms with van der Waals surface area (Å²) in [6, 6.07) is 64.0. The molecule has 0 fully saturated rings. The first-order valence-corrected chi connectivity index (χ1v) is 19.3. The summed E-state index contributed by atoms with van der Waals surface area (Å²) < 4.78 is 0. The second-order valence-electron chi connectivity index (χ2n) is 10.8. The molecule has 0 atom stereocenters. The van der Waals surface area contributed by atoms with Crippen molar-refractivity contribution in [3.05, 3.63) is 188 Å². The largest absolute Gasteiger partial charge is 1.00 e. The van der Waals surface area contributed by atoms with E-state index in [9.17, 15) is 0 Å². The van der Waals surface area contributed by atoms with Gasteiger partial charge in [0.2, 0.25) is 0 Å². The van der Waals surface area contributed by atoms with Crippen molar-refractivity contribution in [2.45, 2.75) is 13.8 Å². The molecule has 0 saturated carbocycles. The van der Waals surface area contributed by atoms with E-state index >= 15 is 0 Å². The van der Waals surface area contributed by atoms with E-state index in [4.69, 9.17) is 11.2 Å². The fourth-order valence-electron chi connectivity index (χ4n) is 5.60. The molecule has 0 nitrogen and oxygen atoms in total.